The molecule has 0 amide bonds. The fraction of sp³-hybridized carbons (Fsp3) is 0.833. The van der Waals surface area contributed by atoms with Gasteiger partial charge in [0, 0.05) is 12.3 Å². The van der Waals surface area contributed by atoms with Crippen molar-refractivity contribution >= 4 is 11.8 Å². The summed E-state index contributed by atoms with van der Waals surface area (Å²) in [5.74, 6) is 0. The maximum absolute atomic E-state index is 5.42. The van der Waals surface area contributed by atoms with Crippen molar-refractivity contribution in [3.8, 4) is 0 Å². The standard InChI is InChI=1S/C6H13N5S/c1-5(3-4-7)12-6-8-9-10-11(6)2/h5H,3-4,7H2,1-2H3. The number of hydrogen-bond acceptors (Lipinski definition) is 5. The van der Waals surface area contributed by atoms with Crippen LogP contribution in [-0.4, -0.2) is 32.0 Å². The van der Waals surface area contributed by atoms with Crippen molar-refractivity contribution in [1.29, 1.82) is 0 Å². The van der Waals surface area contributed by atoms with Crippen molar-refractivity contribution in [1.82, 2.24) is 20.2 Å². The zero-order valence-corrected chi connectivity index (χ0v) is 8.08. The second-order valence-corrected chi connectivity index (χ2v) is 4.00. The van der Waals surface area contributed by atoms with Crippen LogP contribution in [-0.2, 0) is 7.05 Å². The monoisotopic (exact) mass is 187 g/mol. The summed E-state index contributed by atoms with van der Waals surface area (Å²) in [5.41, 5.74) is 5.42. The molecule has 1 unspecified atom stereocenters. The van der Waals surface area contributed by atoms with Crippen LogP contribution in [0, 0.1) is 0 Å². The van der Waals surface area contributed by atoms with Crippen molar-refractivity contribution < 1.29 is 0 Å². The maximum atomic E-state index is 5.42. The summed E-state index contributed by atoms with van der Waals surface area (Å²) >= 11 is 1.65. The number of thioether (sulfide) groups is 1. The molecular weight excluding hydrogens is 174 g/mol. The maximum Gasteiger partial charge on any atom is 0.209 e. The van der Waals surface area contributed by atoms with E-state index in [0.29, 0.717) is 11.8 Å². The largest absolute Gasteiger partial charge is 0.330 e. The highest BCUT2D eigenvalue weighted by atomic mass is 32.2. The molecule has 1 aromatic rings. The first-order chi connectivity index (χ1) is 5.74. The van der Waals surface area contributed by atoms with Gasteiger partial charge in [-0.05, 0) is 23.4 Å². The summed E-state index contributed by atoms with van der Waals surface area (Å²) in [6, 6.07) is 0. The zero-order valence-electron chi connectivity index (χ0n) is 7.27. The molecule has 0 aliphatic heterocycles. The zero-order chi connectivity index (χ0) is 8.97. The van der Waals surface area contributed by atoms with Crippen LogP contribution in [0.2, 0.25) is 0 Å². The average Bonchev–Trinajstić information content (AvgIpc) is 2.37. The fourth-order valence-electron chi connectivity index (χ4n) is 0.795. The van der Waals surface area contributed by atoms with Gasteiger partial charge in [0.15, 0.2) is 0 Å². The number of aromatic nitrogens is 4. The Hall–Kier alpha value is -0.620. The number of hydrogen-bond donors (Lipinski definition) is 1. The topological polar surface area (TPSA) is 69.6 Å². The average molecular weight is 187 g/mol. The Bertz CT molecular complexity index is 236. The molecule has 1 heterocycles. The lowest BCUT2D eigenvalue weighted by Crippen LogP contribution is -2.08. The Morgan fingerprint density at radius 2 is 2.42 bits per heavy atom. The summed E-state index contributed by atoms with van der Waals surface area (Å²) in [6.45, 7) is 2.83. The molecule has 0 saturated heterocycles. The number of nitrogens with zero attached hydrogens (tertiary/aromatic N) is 4. The minimum atomic E-state index is 0.472. The summed E-state index contributed by atoms with van der Waals surface area (Å²) in [6.07, 6.45) is 0.984. The first kappa shape index (κ1) is 9.47. The van der Waals surface area contributed by atoms with Crippen molar-refractivity contribution in [2.45, 2.75) is 23.8 Å². The molecule has 0 aliphatic rings. The van der Waals surface area contributed by atoms with E-state index in [4.69, 9.17) is 5.73 Å². The van der Waals surface area contributed by atoms with Crippen molar-refractivity contribution in [2.24, 2.45) is 12.8 Å². The molecule has 68 valence electrons. The van der Waals surface area contributed by atoms with Crippen LogP contribution in [0.5, 0.6) is 0 Å². The van der Waals surface area contributed by atoms with E-state index in [0.717, 1.165) is 11.6 Å². The van der Waals surface area contributed by atoms with Crippen molar-refractivity contribution in [2.75, 3.05) is 6.54 Å². The van der Waals surface area contributed by atoms with Crippen LogP contribution < -0.4 is 5.73 Å². The number of nitrogens with two attached hydrogens (primary N) is 1. The van der Waals surface area contributed by atoms with E-state index in [-0.39, 0.29) is 0 Å². The first-order valence-corrected chi connectivity index (χ1v) is 4.71. The predicted octanol–water partition coefficient (Wildman–Crippen LogP) is 0.0395. The van der Waals surface area contributed by atoms with E-state index < -0.39 is 0 Å². The number of rotatable bonds is 4. The summed E-state index contributed by atoms with van der Waals surface area (Å²) < 4.78 is 1.66. The Morgan fingerprint density at radius 1 is 1.67 bits per heavy atom. The van der Waals surface area contributed by atoms with Crippen molar-refractivity contribution in [3.05, 3.63) is 0 Å². The van der Waals surface area contributed by atoms with Gasteiger partial charge in [0.2, 0.25) is 5.16 Å². The molecule has 5 nitrogen and oxygen atoms in total. The Balaban J connectivity index is 2.46. The van der Waals surface area contributed by atoms with Crippen LogP contribution in [0.15, 0.2) is 5.16 Å². The third-order valence-electron chi connectivity index (χ3n) is 1.46. The fourth-order valence-corrected chi connectivity index (χ4v) is 1.68. The summed E-state index contributed by atoms with van der Waals surface area (Å²) in [7, 11) is 1.83. The molecule has 1 aromatic heterocycles. The van der Waals surface area contributed by atoms with Gasteiger partial charge in [-0.1, -0.05) is 18.7 Å². The predicted molar refractivity (Wildman–Crippen MR) is 47.8 cm³/mol. The molecule has 0 bridgehead atoms. The van der Waals surface area contributed by atoms with Gasteiger partial charge in [0.25, 0.3) is 0 Å². The molecule has 0 fully saturated rings. The van der Waals surface area contributed by atoms with Gasteiger partial charge >= 0.3 is 0 Å². The molecule has 1 rings (SSSR count). The van der Waals surface area contributed by atoms with Gasteiger partial charge in [0.1, 0.15) is 0 Å². The van der Waals surface area contributed by atoms with Crippen LogP contribution >= 0.6 is 11.8 Å². The summed E-state index contributed by atoms with van der Waals surface area (Å²) in [5, 5.41) is 12.5. The Labute approximate surface area is 75.7 Å². The van der Waals surface area contributed by atoms with E-state index in [9.17, 15) is 0 Å². The molecule has 6 heteroatoms. The van der Waals surface area contributed by atoms with E-state index in [1.165, 1.54) is 0 Å². The second-order valence-electron chi connectivity index (χ2n) is 2.59. The van der Waals surface area contributed by atoms with Gasteiger partial charge in [0.05, 0.1) is 0 Å². The van der Waals surface area contributed by atoms with Crippen molar-refractivity contribution in [3.63, 3.8) is 0 Å². The molecule has 0 aliphatic carbocycles. The van der Waals surface area contributed by atoms with Crippen LogP contribution in [0.4, 0.5) is 0 Å². The molecular formula is C6H13N5S. The molecule has 0 radical (unpaired) electrons. The second kappa shape index (κ2) is 4.42. The van der Waals surface area contributed by atoms with Gasteiger partial charge in [-0.3, -0.25) is 0 Å². The van der Waals surface area contributed by atoms with E-state index >= 15 is 0 Å². The van der Waals surface area contributed by atoms with Crippen LogP contribution in [0.3, 0.4) is 0 Å². The molecule has 12 heavy (non-hydrogen) atoms. The minimum absolute atomic E-state index is 0.472. The minimum Gasteiger partial charge on any atom is -0.330 e. The lowest BCUT2D eigenvalue weighted by molar-refractivity contribution is 0.662. The highest BCUT2D eigenvalue weighted by Crippen LogP contribution is 2.20. The van der Waals surface area contributed by atoms with Crippen LogP contribution in [0.25, 0.3) is 0 Å². The highest BCUT2D eigenvalue weighted by molar-refractivity contribution is 7.99. The highest BCUT2D eigenvalue weighted by Gasteiger charge is 2.08. The van der Waals surface area contributed by atoms with E-state index in [1.807, 2.05) is 7.05 Å². The SMILES string of the molecule is CC(CCN)Sc1nnnn1C. The molecule has 0 saturated carbocycles. The van der Waals surface area contributed by atoms with Gasteiger partial charge in [-0.2, -0.15) is 0 Å². The molecule has 1 atom stereocenters. The number of aryl methyl sites for hydroxylation is 1. The Kier molecular flexibility index (Phi) is 3.48. The van der Waals surface area contributed by atoms with E-state index in [1.54, 1.807) is 16.4 Å². The third-order valence-corrected chi connectivity index (χ3v) is 2.66. The Morgan fingerprint density at radius 3 is 2.92 bits per heavy atom. The quantitative estimate of drug-likeness (QED) is 0.674. The van der Waals surface area contributed by atoms with Crippen LogP contribution in [0.1, 0.15) is 13.3 Å². The lowest BCUT2D eigenvalue weighted by atomic mass is 10.3. The normalized spacial score (nSPS) is 13.2. The smallest absolute Gasteiger partial charge is 0.209 e. The molecule has 2 N–H and O–H groups in total. The first-order valence-electron chi connectivity index (χ1n) is 3.83. The van der Waals surface area contributed by atoms with Gasteiger partial charge in [-0.15, -0.1) is 5.10 Å². The third kappa shape index (κ3) is 2.46. The molecule has 0 aromatic carbocycles. The lowest BCUT2D eigenvalue weighted by Gasteiger charge is -2.06. The molecule has 0 spiro atoms. The van der Waals surface area contributed by atoms with Gasteiger partial charge < -0.3 is 5.73 Å². The summed E-state index contributed by atoms with van der Waals surface area (Å²) in [4.78, 5) is 0. The number of tetrazole rings is 1. The van der Waals surface area contributed by atoms with E-state index in [2.05, 4.69) is 22.4 Å². The van der Waals surface area contributed by atoms with Gasteiger partial charge in [-0.25, -0.2) is 4.68 Å².